The molecule has 0 atom stereocenters. The predicted molar refractivity (Wildman–Crippen MR) is 78.1 cm³/mol. The van der Waals surface area contributed by atoms with E-state index in [0.29, 0.717) is 11.3 Å². The fraction of sp³-hybridized carbons (Fsp3) is 0.308. The SMILES string of the molecule is CN(C)C(=O)c1cccc(NC(=O)CSCC(=O)O)c1. The summed E-state index contributed by atoms with van der Waals surface area (Å²) in [6.45, 7) is 0. The van der Waals surface area contributed by atoms with Crippen LogP contribution in [0.25, 0.3) is 0 Å². The Morgan fingerprint density at radius 3 is 2.55 bits per heavy atom. The molecule has 0 fully saturated rings. The lowest BCUT2D eigenvalue weighted by atomic mass is 10.2. The van der Waals surface area contributed by atoms with E-state index in [1.54, 1.807) is 38.4 Å². The Balaban J connectivity index is 2.60. The Labute approximate surface area is 121 Å². The number of anilines is 1. The maximum absolute atomic E-state index is 11.8. The number of hydrogen-bond acceptors (Lipinski definition) is 4. The molecule has 0 saturated heterocycles. The van der Waals surface area contributed by atoms with E-state index in [1.165, 1.54) is 4.90 Å². The number of carboxylic acid groups (broad SMARTS) is 1. The fourth-order valence-electron chi connectivity index (χ4n) is 1.42. The number of nitrogens with zero attached hydrogens (tertiary/aromatic N) is 1. The van der Waals surface area contributed by atoms with Crippen LogP contribution in [0.1, 0.15) is 10.4 Å². The second-order valence-electron chi connectivity index (χ2n) is 4.22. The number of amides is 2. The molecule has 1 aromatic rings. The van der Waals surface area contributed by atoms with Crippen LogP contribution in [0.4, 0.5) is 5.69 Å². The van der Waals surface area contributed by atoms with Crippen molar-refractivity contribution in [1.82, 2.24) is 4.90 Å². The summed E-state index contributed by atoms with van der Waals surface area (Å²) in [5.41, 5.74) is 0.990. The first-order valence-electron chi connectivity index (χ1n) is 5.81. The lowest BCUT2D eigenvalue weighted by Gasteiger charge is -2.11. The quantitative estimate of drug-likeness (QED) is 0.822. The van der Waals surface area contributed by atoms with Crippen LogP contribution in [0.2, 0.25) is 0 Å². The molecule has 0 aliphatic heterocycles. The minimum Gasteiger partial charge on any atom is -0.481 e. The first-order chi connectivity index (χ1) is 9.40. The van der Waals surface area contributed by atoms with Crippen molar-refractivity contribution in [2.24, 2.45) is 0 Å². The number of carboxylic acids is 1. The molecule has 2 N–H and O–H groups in total. The highest BCUT2D eigenvalue weighted by Gasteiger charge is 2.10. The third kappa shape index (κ3) is 5.31. The van der Waals surface area contributed by atoms with Crippen LogP contribution in [-0.4, -0.2) is 53.4 Å². The van der Waals surface area contributed by atoms with Gasteiger partial charge in [-0.15, -0.1) is 11.8 Å². The van der Waals surface area contributed by atoms with Gasteiger partial charge >= 0.3 is 5.97 Å². The van der Waals surface area contributed by atoms with E-state index in [-0.39, 0.29) is 23.3 Å². The molecular formula is C13H16N2O4S. The van der Waals surface area contributed by atoms with Gasteiger partial charge in [0.2, 0.25) is 5.91 Å². The third-order valence-corrected chi connectivity index (χ3v) is 3.18. The summed E-state index contributed by atoms with van der Waals surface area (Å²) in [5.74, 6) is -1.47. The molecule has 20 heavy (non-hydrogen) atoms. The van der Waals surface area contributed by atoms with Crippen molar-refractivity contribution >= 4 is 35.2 Å². The molecule has 1 rings (SSSR count). The largest absolute Gasteiger partial charge is 0.481 e. The molecule has 0 aliphatic rings. The highest BCUT2D eigenvalue weighted by Crippen LogP contribution is 2.12. The zero-order valence-corrected chi connectivity index (χ0v) is 12.1. The van der Waals surface area contributed by atoms with E-state index in [0.717, 1.165) is 11.8 Å². The molecule has 6 nitrogen and oxygen atoms in total. The van der Waals surface area contributed by atoms with Crippen LogP contribution < -0.4 is 5.32 Å². The van der Waals surface area contributed by atoms with Crippen LogP contribution in [0.5, 0.6) is 0 Å². The lowest BCUT2D eigenvalue weighted by Crippen LogP contribution is -2.22. The fourth-order valence-corrected chi connectivity index (χ4v) is 1.95. The summed E-state index contributed by atoms with van der Waals surface area (Å²) in [7, 11) is 3.30. The summed E-state index contributed by atoms with van der Waals surface area (Å²) in [5, 5.41) is 11.1. The van der Waals surface area contributed by atoms with Gasteiger partial charge in [0.05, 0.1) is 11.5 Å². The minimum absolute atomic E-state index is 0.0537. The zero-order chi connectivity index (χ0) is 15.1. The van der Waals surface area contributed by atoms with E-state index < -0.39 is 5.97 Å². The Bertz CT molecular complexity index is 517. The van der Waals surface area contributed by atoms with Crippen molar-refractivity contribution in [2.75, 3.05) is 30.9 Å². The monoisotopic (exact) mass is 296 g/mol. The second-order valence-corrected chi connectivity index (χ2v) is 5.20. The molecule has 0 unspecified atom stereocenters. The molecule has 7 heteroatoms. The molecule has 0 spiro atoms. The topological polar surface area (TPSA) is 86.7 Å². The number of nitrogens with one attached hydrogen (secondary N) is 1. The lowest BCUT2D eigenvalue weighted by molar-refractivity contribution is -0.133. The van der Waals surface area contributed by atoms with Crippen molar-refractivity contribution in [1.29, 1.82) is 0 Å². The Kier molecular flexibility index (Phi) is 6.05. The van der Waals surface area contributed by atoms with Gasteiger partial charge in [0.25, 0.3) is 5.91 Å². The highest BCUT2D eigenvalue weighted by molar-refractivity contribution is 8.00. The first kappa shape index (κ1) is 16.0. The molecule has 0 aromatic heterocycles. The van der Waals surface area contributed by atoms with Gasteiger partial charge in [-0.3, -0.25) is 14.4 Å². The number of benzene rings is 1. The van der Waals surface area contributed by atoms with E-state index in [4.69, 9.17) is 5.11 Å². The van der Waals surface area contributed by atoms with Gasteiger partial charge in [-0.25, -0.2) is 0 Å². The van der Waals surface area contributed by atoms with Crippen LogP contribution in [0.3, 0.4) is 0 Å². The number of carbonyl (C=O) groups excluding carboxylic acids is 2. The van der Waals surface area contributed by atoms with Gasteiger partial charge in [-0.1, -0.05) is 6.07 Å². The van der Waals surface area contributed by atoms with Crippen molar-refractivity contribution in [3.63, 3.8) is 0 Å². The maximum atomic E-state index is 11.8. The zero-order valence-electron chi connectivity index (χ0n) is 11.3. The number of hydrogen-bond donors (Lipinski definition) is 2. The maximum Gasteiger partial charge on any atom is 0.313 e. The number of rotatable bonds is 6. The summed E-state index contributed by atoms with van der Waals surface area (Å²) in [6, 6.07) is 6.60. The Morgan fingerprint density at radius 2 is 1.95 bits per heavy atom. The summed E-state index contributed by atoms with van der Waals surface area (Å²) < 4.78 is 0. The van der Waals surface area contributed by atoms with Crippen molar-refractivity contribution in [2.45, 2.75) is 0 Å². The average molecular weight is 296 g/mol. The number of aliphatic carboxylic acids is 1. The minimum atomic E-state index is -0.957. The second kappa shape index (κ2) is 7.54. The molecule has 0 radical (unpaired) electrons. The predicted octanol–water partition coefficient (Wildman–Crippen LogP) is 1.14. The van der Waals surface area contributed by atoms with Gasteiger partial charge in [-0.2, -0.15) is 0 Å². The Hall–Kier alpha value is -2.02. The van der Waals surface area contributed by atoms with E-state index in [2.05, 4.69) is 5.32 Å². The van der Waals surface area contributed by atoms with Gasteiger partial charge in [-0.05, 0) is 18.2 Å². The molecule has 0 heterocycles. The van der Waals surface area contributed by atoms with E-state index >= 15 is 0 Å². The van der Waals surface area contributed by atoms with Gasteiger partial charge in [0.1, 0.15) is 0 Å². The molecule has 0 aliphatic carbocycles. The average Bonchev–Trinajstić information content (AvgIpc) is 2.37. The molecule has 0 bridgehead atoms. The standard InChI is InChI=1S/C13H16N2O4S/c1-15(2)13(19)9-4-3-5-10(6-9)14-11(16)7-20-8-12(17)18/h3-6H,7-8H2,1-2H3,(H,14,16)(H,17,18). The van der Waals surface area contributed by atoms with Crippen molar-refractivity contribution in [3.05, 3.63) is 29.8 Å². The molecular weight excluding hydrogens is 280 g/mol. The molecule has 1 aromatic carbocycles. The number of carbonyl (C=O) groups is 3. The summed E-state index contributed by atoms with van der Waals surface area (Å²) in [4.78, 5) is 35.1. The van der Waals surface area contributed by atoms with E-state index in [9.17, 15) is 14.4 Å². The normalized spacial score (nSPS) is 9.90. The highest BCUT2D eigenvalue weighted by atomic mass is 32.2. The smallest absolute Gasteiger partial charge is 0.313 e. The van der Waals surface area contributed by atoms with Gasteiger partial charge < -0.3 is 15.3 Å². The molecule has 0 saturated carbocycles. The van der Waals surface area contributed by atoms with E-state index in [1.807, 2.05) is 0 Å². The molecule has 2 amide bonds. The summed E-state index contributed by atoms with van der Waals surface area (Å²) in [6.07, 6.45) is 0. The molecule has 108 valence electrons. The van der Waals surface area contributed by atoms with Crippen LogP contribution >= 0.6 is 11.8 Å². The first-order valence-corrected chi connectivity index (χ1v) is 6.96. The van der Waals surface area contributed by atoms with Crippen LogP contribution in [-0.2, 0) is 9.59 Å². The van der Waals surface area contributed by atoms with Crippen molar-refractivity contribution in [3.8, 4) is 0 Å². The Morgan fingerprint density at radius 1 is 1.25 bits per heavy atom. The van der Waals surface area contributed by atoms with Gasteiger partial charge in [0.15, 0.2) is 0 Å². The van der Waals surface area contributed by atoms with Crippen molar-refractivity contribution < 1.29 is 19.5 Å². The third-order valence-electron chi connectivity index (χ3n) is 2.26. The van der Waals surface area contributed by atoms with Gasteiger partial charge in [0, 0.05) is 25.3 Å². The summed E-state index contributed by atoms with van der Waals surface area (Å²) >= 11 is 1.02. The number of thioether (sulfide) groups is 1. The van der Waals surface area contributed by atoms with Crippen LogP contribution in [0.15, 0.2) is 24.3 Å². The van der Waals surface area contributed by atoms with Crippen LogP contribution in [0, 0.1) is 0 Å².